The van der Waals surface area contributed by atoms with Gasteiger partial charge in [0.25, 0.3) is 0 Å². The van der Waals surface area contributed by atoms with Crippen LogP contribution in [-0.2, 0) is 9.59 Å². The third-order valence-electron chi connectivity index (χ3n) is 3.58. The minimum Gasteiger partial charge on any atom is -0.507 e. The predicted octanol–water partition coefficient (Wildman–Crippen LogP) is 3.38. The molecule has 26 heavy (non-hydrogen) atoms. The highest BCUT2D eigenvalue weighted by molar-refractivity contribution is 5.93. The van der Waals surface area contributed by atoms with Gasteiger partial charge in [-0.15, -0.1) is 0 Å². The number of aromatic hydroxyl groups is 4. The topological polar surface area (TPSA) is 115 Å². The van der Waals surface area contributed by atoms with E-state index < -0.39 is 0 Å². The standard InChI is InChI=1S/C20H18O6/c1-11(21)3-5-13-7-19(25)15(9-17(13)23)16-10-18(24)14(8-20(16)26)6-4-12(2)22/h3-10,23-26H,1-2H3/b5-3+,6-4+. The van der Waals surface area contributed by atoms with Crippen molar-refractivity contribution in [3.8, 4) is 34.1 Å². The Balaban J connectivity index is 2.52. The van der Waals surface area contributed by atoms with Gasteiger partial charge in [-0.05, 0) is 62.4 Å². The highest BCUT2D eigenvalue weighted by atomic mass is 16.3. The molecule has 0 unspecified atom stereocenters. The van der Waals surface area contributed by atoms with Crippen molar-refractivity contribution in [2.75, 3.05) is 0 Å². The van der Waals surface area contributed by atoms with Gasteiger partial charge in [-0.1, -0.05) is 0 Å². The quantitative estimate of drug-likeness (QED) is 0.483. The molecule has 0 aliphatic carbocycles. The van der Waals surface area contributed by atoms with Gasteiger partial charge < -0.3 is 20.4 Å². The van der Waals surface area contributed by atoms with Crippen molar-refractivity contribution < 1.29 is 30.0 Å². The molecule has 2 aromatic carbocycles. The van der Waals surface area contributed by atoms with Crippen LogP contribution in [0.4, 0.5) is 0 Å². The number of hydrogen-bond donors (Lipinski definition) is 4. The van der Waals surface area contributed by atoms with E-state index in [9.17, 15) is 30.0 Å². The lowest BCUT2D eigenvalue weighted by Crippen LogP contribution is -1.87. The molecule has 0 aromatic heterocycles. The maximum Gasteiger partial charge on any atom is 0.152 e. The molecule has 0 radical (unpaired) electrons. The number of ketones is 2. The van der Waals surface area contributed by atoms with Gasteiger partial charge in [0.2, 0.25) is 0 Å². The Morgan fingerprint density at radius 3 is 1.31 bits per heavy atom. The van der Waals surface area contributed by atoms with E-state index in [4.69, 9.17) is 0 Å². The van der Waals surface area contributed by atoms with Gasteiger partial charge in [0.15, 0.2) is 11.6 Å². The maximum atomic E-state index is 11.0. The molecule has 0 amide bonds. The van der Waals surface area contributed by atoms with Gasteiger partial charge in [-0.25, -0.2) is 0 Å². The van der Waals surface area contributed by atoms with Crippen molar-refractivity contribution in [1.29, 1.82) is 0 Å². The van der Waals surface area contributed by atoms with Gasteiger partial charge in [0, 0.05) is 22.3 Å². The summed E-state index contributed by atoms with van der Waals surface area (Å²) in [6, 6.07) is 4.91. The van der Waals surface area contributed by atoms with E-state index in [0.29, 0.717) is 0 Å². The Bertz CT molecular complexity index is 860. The minimum atomic E-state index is -0.257. The normalized spacial score (nSPS) is 11.3. The summed E-state index contributed by atoms with van der Waals surface area (Å²) in [4.78, 5) is 22.0. The van der Waals surface area contributed by atoms with Crippen LogP contribution >= 0.6 is 0 Å². The van der Waals surface area contributed by atoms with E-state index in [0.717, 1.165) is 0 Å². The van der Waals surface area contributed by atoms with Gasteiger partial charge >= 0.3 is 0 Å². The molecule has 0 fully saturated rings. The summed E-state index contributed by atoms with van der Waals surface area (Å²) in [6.07, 6.45) is 5.20. The Morgan fingerprint density at radius 2 is 1.00 bits per heavy atom. The smallest absolute Gasteiger partial charge is 0.152 e. The zero-order valence-corrected chi connectivity index (χ0v) is 14.2. The molecule has 4 N–H and O–H groups in total. The van der Waals surface area contributed by atoms with Crippen LogP contribution in [0.5, 0.6) is 23.0 Å². The molecule has 2 rings (SSSR count). The van der Waals surface area contributed by atoms with Crippen molar-refractivity contribution in [2.45, 2.75) is 13.8 Å². The Labute approximate surface area is 150 Å². The molecule has 6 heteroatoms. The van der Waals surface area contributed by atoms with Gasteiger partial charge in [-0.2, -0.15) is 0 Å². The van der Waals surface area contributed by atoms with Crippen LogP contribution in [-0.4, -0.2) is 32.0 Å². The minimum absolute atomic E-state index is 0.0948. The van der Waals surface area contributed by atoms with E-state index in [1.807, 2.05) is 0 Å². The number of benzene rings is 2. The summed E-state index contributed by atoms with van der Waals surface area (Å²) in [5.74, 6) is -1.38. The van der Waals surface area contributed by atoms with Crippen molar-refractivity contribution in [3.05, 3.63) is 47.5 Å². The second-order valence-corrected chi connectivity index (χ2v) is 5.74. The molecule has 0 bridgehead atoms. The fraction of sp³-hybridized carbons (Fsp3) is 0.100. The van der Waals surface area contributed by atoms with Gasteiger partial charge in [-0.3, -0.25) is 9.59 Å². The second kappa shape index (κ2) is 7.57. The average Bonchev–Trinajstić information content (AvgIpc) is 2.55. The van der Waals surface area contributed by atoms with E-state index in [2.05, 4.69) is 0 Å². The van der Waals surface area contributed by atoms with Crippen LogP contribution in [0, 0.1) is 0 Å². The Morgan fingerprint density at radius 1 is 0.654 bits per heavy atom. The highest BCUT2D eigenvalue weighted by Gasteiger charge is 2.15. The van der Waals surface area contributed by atoms with Crippen molar-refractivity contribution in [2.24, 2.45) is 0 Å². The van der Waals surface area contributed by atoms with E-state index >= 15 is 0 Å². The van der Waals surface area contributed by atoms with Gasteiger partial charge in [0.05, 0.1) is 0 Å². The first kappa shape index (κ1) is 18.8. The van der Waals surface area contributed by atoms with Crippen LogP contribution < -0.4 is 0 Å². The van der Waals surface area contributed by atoms with Crippen molar-refractivity contribution >= 4 is 23.7 Å². The molecule has 0 heterocycles. The molecule has 134 valence electrons. The summed E-state index contributed by atoms with van der Waals surface area (Å²) in [5, 5.41) is 40.6. The first-order valence-corrected chi connectivity index (χ1v) is 7.68. The lowest BCUT2D eigenvalue weighted by atomic mass is 9.98. The SMILES string of the molecule is CC(=O)/C=C/c1cc(O)c(-c2cc(O)c(/C=C/C(C)=O)cc2O)cc1O. The zero-order valence-electron chi connectivity index (χ0n) is 14.2. The first-order valence-electron chi connectivity index (χ1n) is 7.68. The first-order chi connectivity index (χ1) is 12.2. The monoisotopic (exact) mass is 354 g/mol. The predicted molar refractivity (Wildman–Crippen MR) is 98.0 cm³/mol. The van der Waals surface area contributed by atoms with E-state index in [1.54, 1.807) is 0 Å². The zero-order chi connectivity index (χ0) is 19.4. The number of rotatable bonds is 5. The summed E-state index contributed by atoms with van der Waals surface area (Å²) in [7, 11) is 0. The third kappa shape index (κ3) is 4.30. The summed E-state index contributed by atoms with van der Waals surface area (Å²) < 4.78 is 0. The fourth-order valence-electron chi connectivity index (χ4n) is 2.30. The van der Waals surface area contributed by atoms with Crippen LogP contribution in [0.3, 0.4) is 0 Å². The summed E-state index contributed by atoms with van der Waals surface area (Å²) >= 11 is 0. The molecule has 0 atom stereocenters. The molecule has 2 aromatic rings. The molecule has 0 aliphatic rings. The molecule has 6 nitrogen and oxygen atoms in total. The molecule has 0 aliphatic heterocycles. The van der Waals surface area contributed by atoms with E-state index in [-0.39, 0.29) is 56.8 Å². The fourth-order valence-corrected chi connectivity index (χ4v) is 2.30. The Kier molecular flexibility index (Phi) is 5.47. The van der Waals surface area contributed by atoms with Crippen molar-refractivity contribution in [3.63, 3.8) is 0 Å². The largest absolute Gasteiger partial charge is 0.507 e. The highest BCUT2D eigenvalue weighted by Crippen LogP contribution is 2.42. The molecule has 0 saturated heterocycles. The summed E-state index contributed by atoms with van der Waals surface area (Å²) in [5.41, 5.74) is 0.645. The molecular weight excluding hydrogens is 336 g/mol. The molecule has 0 saturated carbocycles. The lowest BCUT2D eigenvalue weighted by Gasteiger charge is -2.11. The Hall–Kier alpha value is -3.54. The third-order valence-corrected chi connectivity index (χ3v) is 3.58. The number of phenolic OH excluding ortho intramolecular Hbond substituents is 4. The number of allylic oxidation sites excluding steroid dienone is 2. The lowest BCUT2D eigenvalue weighted by molar-refractivity contribution is -0.113. The van der Waals surface area contributed by atoms with Crippen molar-refractivity contribution in [1.82, 2.24) is 0 Å². The molecule has 0 spiro atoms. The number of carbonyl (C=O) groups excluding carboxylic acids is 2. The average molecular weight is 354 g/mol. The number of carbonyl (C=O) groups is 2. The number of phenols is 4. The second-order valence-electron chi connectivity index (χ2n) is 5.74. The van der Waals surface area contributed by atoms with Crippen LogP contribution in [0.1, 0.15) is 25.0 Å². The summed E-state index contributed by atoms with van der Waals surface area (Å²) in [6.45, 7) is 2.70. The molecular formula is C20H18O6. The maximum absolute atomic E-state index is 11.0. The van der Waals surface area contributed by atoms with Crippen LogP contribution in [0.25, 0.3) is 23.3 Å². The van der Waals surface area contributed by atoms with Gasteiger partial charge in [0.1, 0.15) is 23.0 Å². The van der Waals surface area contributed by atoms with Crippen LogP contribution in [0.2, 0.25) is 0 Å². The number of hydrogen-bond acceptors (Lipinski definition) is 6. The van der Waals surface area contributed by atoms with Crippen LogP contribution in [0.15, 0.2) is 36.4 Å². The van der Waals surface area contributed by atoms with E-state index in [1.165, 1.54) is 62.4 Å².